The average Bonchev–Trinajstić information content (AvgIpc) is 2.41. The van der Waals surface area contributed by atoms with Gasteiger partial charge in [-0.25, -0.2) is 0 Å². The van der Waals surface area contributed by atoms with E-state index < -0.39 is 23.8 Å². The summed E-state index contributed by atoms with van der Waals surface area (Å²) in [6.45, 7) is 0. The molecule has 2 amide bonds. The first kappa shape index (κ1) is 17.6. The zero-order valence-electron chi connectivity index (χ0n) is 11.2. The molecule has 8 heteroatoms. The second-order valence-corrected chi connectivity index (χ2v) is 6.03. The Balaban J connectivity index is 2.76. The summed E-state index contributed by atoms with van der Waals surface area (Å²) in [5, 5.41) is 2.50. The summed E-state index contributed by atoms with van der Waals surface area (Å²) in [5.74, 6) is -1.63. The second kappa shape index (κ2) is 8.14. The molecule has 114 valence electrons. The maximum absolute atomic E-state index is 12.1. The van der Waals surface area contributed by atoms with Crippen LogP contribution in [0.3, 0.4) is 0 Å². The summed E-state index contributed by atoms with van der Waals surface area (Å²) < 4.78 is 5.92. The number of carbonyl (C=O) groups is 3. The summed E-state index contributed by atoms with van der Waals surface area (Å²) in [5.41, 5.74) is 5.59. The molecule has 0 heterocycles. The molecule has 1 aromatic carbocycles. The molecule has 0 saturated heterocycles. The first-order valence-corrected chi connectivity index (χ1v) is 7.55. The van der Waals surface area contributed by atoms with E-state index in [-0.39, 0.29) is 12.8 Å². The van der Waals surface area contributed by atoms with Gasteiger partial charge >= 0.3 is 5.97 Å². The minimum atomic E-state index is -0.936. The molecular weight excluding hydrogens is 408 g/mol. The number of ether oxygens (including phenoxy) is 1. The Kier molecular flexibility index (Phi) is 6.83. The smallest absolute Gasteiger partial charge is 0.305 e. The number of carbonyl (C=O) groups excluding carboxylic acids is 3. The fraction of sp³-hybridized carbons (Fsp3) is 0.308. The highest BCUT2D eigenvalue weighted by molar-refractivity contribution is 9.11. The maximum Gasteiger partial charge on any atom is 0.305 e. The van der Waals surface area contributed by atoms with Crippen molar-refractivity contribution in [3.63, 3.8) is 0 Å². The molecule has 0 spiro atoms. The van der Waals surface area contributed by atoms with E-state index in [1.54, 1.807) is 18.2 Å². The van der Waals surface area contributed by atoms with Crippen LogP contribution in [0.1, 0.15) is 23.2 Å². The fourth-order valence-corrected chi connectivity index (χ4v) is 2.87. The highest BCUT2D eigenvalue weighted by Gasteiger charge is 2.20. The predicted octanol–water partition coefficient (Wildman–Crippen LogP) is 1.75. The van der Waals surface area contributed by atoms with Gasteiger partial charge in [-0.05, 0) is 24.6 Å². The molecule has 0 fully saturated rings. The summed E-state index contributed by atoms with van der Waals surface area (Å²) in [6, 6.07) is 4.06. The first-order valence-electron chi connectivity index (χ1n) is 5.96. The zero-order chi connectivity index (χ0) is 16.0. The maximum atomic E-state index is 12.1. The van der Waals surface area contributed by atoms with E-state index >= 15 is 0 Å². The third-order valence-corrected chi connectivity index (χ3v) is 3.55. The number of nitrogens with one attached hydrogen (secondary N) is 1. The van der Waals surface area contributed by atoms with Gasteiger partial charge in [0.15, 0.2) is 0 Å². The van der Waals surface area contributed by atoms with Crippen molar-refractivity contribution in [3.05, 3.63) is 32.7 Å². The minimum Gasteiger partial charge on any atom is -0.469 e. The van der Waals surface area contributed by atoms with E-state index in [4.69, 9.17) is 5.73 Å². The predicted molar refractivity (Wildman–Crippen MR) is 83.5 cm³/mol. The van der Waals surface area contributed by atoms with E-state index in [9.17, 15) is 14.4 Å². The molecule has 1 aromatic rings. The Bertz CT molecular complexity index is 543. The molecule has 0 aliphatic rings. The summed E-state index contributed by atoms with van der Waals surface area (Å²) in [6.07, 6.45) is 0.0789. The second-order valence-electron chi connectivity index (χ2n) is 4.20. The molecule has 0 saturated carbocycles. The van der Waals surface area contributed by atoms with Gasteiger partial charge in [0.25, 0.3) is 5.91 Å². The Morgan fingerprint density at radius 1 is 1.24 bits per heavy atom. The van der Waals surface area contributed by atoms with Crippen LogP contribution < -0.4 is 11.1 Å². The van der Waals surface area contributed by atoms with Gasteiger partial charge in [0, 0.05) is 20.9 Å². The standard InChI is InChI=1S/C13H14Br2N2O4/c1-21-11(18)3-2-10(12(16)19)17-13(20)7-4-8(14)6-9(15)5-7/h4-6,10H,2-3H2,1H3,(H2,16,19)(H,17,20)/t10-/m0/s1. The quantitative estimate of drug-likeness (QED) is 0.683. The van der Waals surface area contributed by atoms with Crippen LogP contribution in [0.25, 0.3) is 0 Å². The van der Waals surface area contributed by atoms with Gasteiger partial charge in [0.1, 0.15) is 6.04 Å². The number of esters is 1. The number of nitrogens with two attached hydrogens (primary N) is 1. The topological polar surface area (TPSA) is 98.5 Å². The number of hydrogen-bond donors (Lipinski definition) is 2. The number of amides is 2. The van der Waals surface area contributed by atoms with Crippen LogP contribution in [-0.4, -0.2) is 30.9 Å². The van der Waals surface area contributed by atoms with Crippen molar-refractivity contribution in [1.29, 1.82) is 0 Å². The van der Waals surface area contributed by atoms with Gasteiger partial charge in [-0.1, -0.05) is 31.9 Å². The first-order chi connectivity index (χ1) is 9.83. The van der Waals surface area contributed by atoms with Gasteiger partial charge in [-0.2, -0.15) is 0 Å². The molecule has 0 aliphatic heterocycles. The van der Waals surface area contributed by atoms with Crippen LogP contribution >= 0.6 is 31.9 Å². The minimum absolute atomic E-state index is 0.00738. The highest BCUT2D eigenvalue weighted by Crippen LogP contribution is 2.20. The Hall–Kier alpha value is -1.41. The molecular formula is C13H14Br2N2O4. The van der Waals surface area contributed by atoms with Gasteiger partial charge in [0.2, 0.25) is 5.91 Å². The molecule has 1 rings (SSSR count). The van der Waals surface area contributed by atoms with E-state index in [0.29, 0.717) is 14.5 Å². The van der Waals surface area contributed by atoms with E-state index in [1.807, 2.05) is 0 Å². The Morgan fingerprint density at radius 3 is 2.29 bits per heavy atom. The third kappa shape index (κ3) is 5.84. The van der Waals surface area contributed by atoms with Crippen molar-refractivity contribution < 1.29 is 19.1 Å². The lowest BCUT2D eigenvalue weighted by Crippen LogP contribution is -2.44. The van der Waals surface area contributed by atoms with E-state index in [2.05, 4.69) is 41.9 Å². The van der Waals surface area contributed by atoms with Crippen molar-refractivity contribution in [3.8, 4) is 0 Å². The highest BCUT2D eigenvalue weighted by atomic mass is 79.9. The van der Waals surface area contributed by atoms with Gasteiger partial charge in [-0.15, -0.1) is 0 Å². The van der Waals surface area contributed by atoms with Crippen molar-refractivity contribution in [2.75, 3.05) is 7.11 Å². The van der Waals surface area contributed by atoms with Crippen molar-refractivity contribution in [1.82, 2.24) is 5.32 Å². The molecule has 1 atom stereocenters. The van der Waals surface area contributed by atoms with Gasteiger partial charge < -0.3 is 15.8 Å². The molecule has 6 nitrogen and oxygen atoms in total. The fourth-order valence-electron chi connectivity index (χ4n) is 1.58. The number of hydrogen-bond acceptors (Lipinski definition) is 4. The average molecular weight is 422 g/mol. The number of methoxy groups -OCH3 is 1. The van der Waals surface area contributed by atoms with Crippen molar-refractivity contribution in [2.45, 2.75) is 18.9 Å². The number of rotatable bonds is 6. The molecule has 0 aliphatic carbocycles. The largest absolute Gasteiger partial charge is 0.469 e. The Morgan fingerprint density at radius 2 is 1.81 bits per heavy atom. The molecule has 0 aromatic heterocycles. The van der Waals surface area contributed by atoms with Gasteiger partial charge in [0.05, 0.1) is 7.11 Å². The SMILES string of the molecule is COC(=O)CC[C@H](NC(=O)c1cc(Br)cc(Br)c1)C(N)=O. The molecule has 0 radical (unpaired) electrons. The summed E-state index contributed by atoms with van der Waals surface area (Å²) >= 11 is 6.55. The van der Waals surface area contributed by atoms with Crippen molar-refractivity contribution in [2.24, 2.45) is 5.73 Å². The molecule has 21 heavy (non-hydrogen) atoms. The van der Waals surface area contributed by atoms with E-state index in [1.165, 1.54) is 7.11 Å². The molecule has 0 unspecified atom stereocenters. The summed E-state index contributed by atoms with van der Waals surface area (Å²) in [7, 11) is 1.25. The number of primary amides is 1. The lowest BCUT2D eigenvalue weighted by molar-refractivity contribution is -0.140. The van der Waals surface area contributed by atoms with Crippen LogP contribution in [0, 0.1) is 0 Å². The summed E-state index contributed by atoms with van der Waals surface area (Å²) in [4.78, 5) is 34.5. The third-order valence-electron chi connectivity index (χ3n) is 2.64. The van der Waals surface area contributed by atoms with Crippen LogP contribution in [0.2, 0.25) is 0 Å². The molecule has 0 bridgehead atoms. The van der Waals surface area contributed by atoms with Crippen LogP contribution in [0.4, 0.5) is 0 Å². The number of benzene rings is 1. The molecule has 3 N–H and O–H groups in total. The number of halogens is 2. The van der Waals surface area contributed by atoms with E-state index in [0.717, 1.165) is 0 Å². The van der Waals surface area contributed by atoms with Crippen molar-refractivity contribution >= 4 is 49.6 Å². The monoisotopic (exact) mass is 420 g/mol. The van der Waals surface area contributed by atoms with Crippen LogP contribution in [-0.2, 0) is 14.3 Å². The normalized spacial score (nSPS) is 11.6. The van der Waals surface area contributed by atoms with Crippen LogP contribution in [0.5, 0.6) is 0 Å². The van der Waals surface area contributed by atoms with Gasteiger partial charge in [-0.3, -0.25) is 14.4 Å². The lowest BCUT2D eigenvalue weighted by Gasteiger charge is -2.15. The van der Waals surface area contributed by atoms with Crippen LogP contribution in [0.15, 0.2) is 27.1 Å². The Labute approximate surface area is 138 Å². The lowest BCUT2D eigenvalue weighted by atomic mass is 10.1. The zero-order valence-corrected chi connectivity index (χ0v) is 14.4.